The monoisotopic (exact) mass is 354 g/mol. The van der Waals surface area contributed by atoms with Gasteiger partial charge in [0.25, 0.3) is 0 Å². The summed E-state index contributed by atoms with van der Waals surface area (Å²) in [5, 5.41) is 13.4. The minimum Gasteiger partial charge on any atom is -0.481 e. The standard InChI is InChI=1S/C13H11BrN2O3S/c14-9-3-1-2-8(6-9)10-7-20-13(15-10)16-11(17)4-5-12(18)19/h1-3,6-7H,4-5H2,(H,18,19)(H,15,16,17). The second-order valence-electron chi connectivity index (χ2n) is 3.99. The Morgan fingerprint density at radius 1 is 1.35 bits per heavy atom. The average molecular weight is 355 g/mol. The summed E-state index contributed by atoms with van der Waals surface area (Å²) in [6.45, 7) is 0. The summed E-state index contributed by atoms with van der Waals surface area (Å²) < 4.78 is 0.954. The van der Waals surface area contributed by atoms with E-state index in [0.717, 1.165) is 15.7 Å². The SMILES string of the molecule is O=C(O)CCC(=O)Nc1nc(-c2cccc(Br)c2)cs1. The molecule has 1 aromatic heterocycles. The Morgan fingerprint density at radius 2 is 2.15 bits per heavy atom. The topological polar surface area (TPSA) is 79.3 Å². The second kappa shape index (κ2) is 6.62. The van der Waals surface area contributed by atoms with Gasteiger partial charge in [-0.25, -0.2) is 4.98 Å². The van der Waals surface area contributed by atoms with Gasteiger partial charge in [0.2, 0.25) is 5.91 Å². The number of benzene rings is 1. The van der Waals surface area contributed by atoms with E-state index >= 15 is 0 Å². The highest BCUT2D eigenvalue weighted by Crippen LogP contribution is 2.26. The van der Waals surface area contributed by atoms with E-state index in [1.54, 1.807) is 0 Å². The van der Waals surface area contributed by atoms with Crippen LogP contribution in [0.25, 0.3) is 11.3 Å². The zero-order valence-corrected chi connectivity index (χ0v) is 12.7. The van der Waals surface area contributed by atoms with Gasteiger partial charge in [-0.3, -0.25) is 9.59 Å². The zero-order valence-electron chi connectivity index (χ0n) is 10.3. The van der Waals surface area contributed by atoms with E-state index in [0.29, 0.717) is 5.13 Å². The van der Waals surface area contributed by atoms with Gasteiger partial charge in [0, 0.05) is 21.8 Å². The van der Waals surface area contributed by atoms with Crippen LogP contribution in [0.4, 0.5) is 5.13 Å². The Labute approximate surface area is 127 Å². The molecule has 20 heavy (non-hydrogen) atoms. The van der Waals surface area contributed by atoms with E-state index in [1.807, 2.05) is 29.6 Å². The molecule has 5 nitrogen and oxygen atoms in total. The van der Waals surface area contributed by atoms with Crippen LogP contribution >= 0.6 is 27.3 Å². The van der Waals surface area contributed by atoms with Gasteiger partial charge in [0.1, 0.15) is 0 Å². The molecule has 0 radical (unpaired) electrons. The number of thiazole rings is 1. The molecule has 2 aromatic rings. The molecule has 0 bridgehead atoms. The molecule has 0 spiro atoms. The van der Waals surface area contributed by atoms with Gasteiger partial charge in [0.15, 0.2) is 5.13 Å². The highest BCUT2D eigenvalue weighted by Gasteiger charge is 2.09. The van der Waals surface area contributed by atoms with Gasteiger partial charge in [-0.15, -0.1) is 11.3 Å². The molecule has 0 saturated heterocycles. The fourth-order valence-electron chi connectivity index (χ4n) is 1.51. The van der Waals surface area contributed by atoms with Gasteiger partial charge >= 0.3 is 5.97 Å². The van der Waals surface area contributed by atoms with E-state index in [-0.39, 0.29) is 18.7 Å². The van der Waals surface area contributed by atoms with Gasteiger partial charge in [-0.05, 0) is 12.1 Å². The van der Waals surface area contributed by atoms with E-state index in [4.69, 9.17) is 5.11 Å². The number of carbonyl (C=O) groups excluding carboxylic acids is 1. The number of carboxylic acids is 1. The van der Waals surface area contributed by atoms with Crippen LogP contribution in [0.5, 0.6) is 0 Å². The number of anilines is 1. The Kier molecular flexibility index (Phi) is 4.86. The Bertz CT molecular complexity index is 642. The lowest BCUT2D eigenvalue weighted by atomic mass is 10.2. The predicted molar refractivity (Wildman–Crippen MR) is 80.7 cm³/mol. The minimum absolute atomic E-state index is 0.0544. The molecular formula is C13H11BrN2O3S. The van der Waals surface area contributed by atoms with Crippen LogP contribution in [0.1, 0.15) is 12.8 Å². The summed E-state index contributed by atoms with van der Waals surface area (Å²) in [6, 6.07) is 7.69. The van der Waals surface area contributed by atoms with Crippen molar-refractivity contribution in [2.75, 3.05) is 5.32 Å². The number of nitrogens with one attached hydrogen (secondary N) is 1. The molecular weight excluding hydrogens is 344 g/mol. The maximum atomic E-state index is 11.5. The predicted octanol–water partition coefficient (Wildman–Crippen LogP) is 3.38. The number of hydrogen-bond donors (Lipinski definition) is 2. The van der Waals surface area contributed by atoms with E-state index in [1.165, 1.54) is 11.3 Å². The molecule has 0 unspecified atom stereocenters. The Morgan fingerprint density at radius 3 is 2.85 bits per heavy atom. The van der Waals surface area contributed by atoms with Crippen LogP contribution < -0.4 is 5.32 Å². The number of carboxylic acid groups (broad SMARTS) is 1. The zero-order chi connectivity index (χ0) is 14.5. The number of hydrogen-bond acceptors (Lipinski definition) is 4. The van der Waals surface area contributed by atoms with Crippen LogP contribution in [0.15, 0.2) is 34.1 Å². The number of nitrogens with zero attached hydrogens (tertiary/aromatic N) is 1. The molecule has 2 rings (SSSR count). The lowest BCUT2D eigenvalue weighted by Crippen LogP contribution is -2.12. The molecule has 0 fully saturated rings. The Hall–Kier alpha value is -1.73. The third-order valence-corrected chi connectivity index (χ3v) is 3.69. The maximum Gasteiger partial charge on any atom is 0.303 e. The molecule has 7 heteroatoms. The molecule has 0 aliphatic heterocycles. The van der Waals surface area contributed by atoms with E-state index in [9.17, 15) is 9.59 Å². The first kappa shape index (κ1) is 14.7. The van der Waals surface area contributed by atoms with E-state index in [2.05, 4.69) is 26.2 Å². The normalized spacial score (nSPS) is 10.2. The number of carbonyl (C=O) groups is 2. The van der Waals surface area contributed by atoms with Crippen molar-refractivity contribution in [2.45, 2.75) is 12.8 Å². The first-order valence-electron chi connectivity index (χ1n) is 5.78. The van der Waals surface area contributed by atoms with Gasteiger partial charge in [-0.1, -0.05) is 28.1 Å². The third-order valence-electron chi connectivity index (χ3n) is 2.44. The molecule has 0 saturated carbocycles. The smallest absolute Gasteiger partial charge is 0.303 e. The molecule has 1 heterocycles. The molecule has 0 aliphatic carbocycles. The van der Waals surface area contributed by atoms with Crippen LogP contribution in [-0.2, 0) is 9.59 Å². The van der Waals surface area contributed by atoms with Crippen LogP contribution in [-0.4, -0.2) is 22.0 Å². The van der Waals surface area contributed by atoms with Crippen LogP contribution in [0, 0.1) is 0 Å². The van der Waals surface area contributed by atoms with Crippen molar-refractivity contribution in [1.29, 1.82) is 0 Å². The number of aromatic nitrogens is 1. The number of halogens is 1. The largest absolute Gasteiger partial charge is 0.481 e. The summed E-state index contributed by atoms with van der Waals surface area (Å²) >= 11 is 4.70. The highest BCUT2D eigenvalue weighted by molar-refractivity contribution is 9.10. The van der Waals surface area contributed by atoms with Crippen molar-refractivity contribution >= 4 is 44.3 Å². The van der Waals surface area contributed by atoms with E-state index < -0.39 is 5.97 Å². The fraction of sp³-hybridized carbons (Fsp3) is 0.154. The van der Waals surface area contributed by atoms with Gasteiger partial charge in [0.05, 0.1) is 12.1 Å². The van der Waals surface area contributed by atoms with Crippen molar-refractivity contribution in [2.24, 2.45) is 0 Å². The summed E-state index contributed by atoms with van der Waals surface area (Å²) in [5.74, 6) is -1.34. The molecule has 104 valence electrons. The van der Waals surface area contributed by atoms with Gasteiger partial charge < -0.3 is 10.4 Å². The second-order valence-corrected chi connectivity index (χ2v) is 5.76. The number of aliphatic carboxylic acids is 1. The molecule has 0 atom stereocenters. The highest BCUT2D eigenvalue weighted by atomic mass is 79.9. The van der Waals surface area contributed by atoms with Crippen LogP contribution in [0.3, 0.4) is 0 Å². The average Bonchev–Trinajstić information content (AvgIpc) is 2.85. The van der Waals surface area contributed by atoms with Crippen LogP contribution in [0.2, 0.25) is 0 Å². The first-order chi connectivity index (χ1) is 9.54. The third kappa shape index (κ3) is 4.14. The summed E-state index contributed by atoms with van der Waals surface area (Å²) in [7, 11) is 0. The van der Waals surface area contributed by atoms with Gasteiger partial charge in [-0.2, -0.15) is 0 Å². The molecule has 1 aromatic carbocycles. The molecule has 2 N–H and O–H groups in total. The number of amides is 1. The van der Waals surface area contributed by atoms with Crippen molar-refractivity contribution in [3.63, 3.8) is 0 Å². The molecule has 1 amide bonds. The summed E-state index contributed by atoms with van der Waals surface area (Å²) in [4.78, 5) is 26.2. The Balaban J connectivity index is 2.02. The first-order valence-corrected chi connectivity index (χ1v) is 7.45. The maximum absolute atomic E-state index is 11.5. The summed E-state index contributed by atoms with van der Waals surface area (Å²) in [6.07, 6.45) is -0.239. The lowest BCUT2D eigenvalue weighted by molar-refractivity contribution is -0.138. The lowest BCUT2D eigenvalue weighted by Gasteiger charge is -1.99. The number of rotatable bonds is 5. The molecule has 0 aliphatic rings. The van der Waals surface area contributed by atoms with Crippen molar-refractivity contribution in [1.82, 2.24) is 4.98 Å². The minimum atomic E-state index is -0.992. The van der Waals surface area contributed by atoms with Crippen molar-refractivity contribution in [3.8, 4) is 11.3 Å². The quantitative estimate of drug-likeness (QED) is 0.862. The van der Waals surface area contributed by atoms with Crippen molar-refractivity contribution in [3.05, 3.63) is 34.1 Å². The summed E-state index contributed by atoms with van der Waals surface area (Å²) in [5.41, 5.74) is 1.71. The van der Waals surface area contributed by atoms with Crippen molar-refractivity contribution < 1.29 is 14.7 Å². The fourth-order valence-corrected chi connectivity index (χ4v) is 2.65.